The molecule has 3 heterocycles. The van der Waals surface area contributed by atoms with Gasteiger partial charge in [-0.2, -0.15) is 0 Å². The van der Waals surface area contributed by atoms with Gasteiger partial charge >= 0.3 is 5.97 Å². The van der Waals surface area contributed by atoms with Gasteiger partial charge in [-0.25, -0.2) is 9.37 Å². The summed E-state index contributed by atoms with van der Waals surface area (Å²) in [6.07, 6.45) is 5.58. The van der Waals surface area contributed by atoms with Crippen molar-refractivity contribution in [2.45, 2.75) is 78.0 Å². The fourth-order valence-electron chi connectivity index (χ4n) is 7.03. The summed E-state index contributed by atoms with van der Waals surface area (Å²) >= 11 is 0. The average Bonchev–Trinajstić information content (AvgIpc) is 3.32. The Kier molecular flexibility index (Phi) is 10.5. The zero-order valence-corrected chi connectivity index (χ0v) is 26.5. The number of halogens is 1. The van der Waals surface area contributed by atoms with Gasteiger partial charge in [-0.05, 0) is 73.9 Å². The number of aryl methyl sites for hydroxylation is 1. The van der Waals surface area contributed by atoms with E-state index in [0.29, 0.717) is 49.2 Å². The Balaban J connectivity index is 1.36. The van der Waals surface area contributed by atoms with Crippen molar-refractivity contribution in [1.82, 2.24) is 9.88 Å². The number of anilines is 1. The molecule has 236 valence electrons. The number of nitrogens with zero attached hydrogens (tertiary/aromatic N) is 3. The fraction of sp³-hybridized carbons (Fsp3) is 0.500. The number of methoxy groups -OCH3 is 1. The van der Waals surface area contributed by atoms with Crippen LogP contribution >= 0.6 is 0 Å². The second-order valence-corrected chi connectivity index (χ2v) is 12.1. The first kappa shape index (κ1) is 31.9. The molecular formula is C36H46FN3O4. The zero-order valence-electron chi connectivity index (χ0n) is 26.5. The number of hydrogen-bond donors (Lipinski definition) is 1. The number of carboxylic acids is 1. The fourth-order valence-corrected chi connectivity index (χ4v) is 7.03. The minimum atomic E-state index is -0.816. The molecule has 1 saturated heterocycles. The Morgan fingerprint density at radius 2 is 1.89 bits per heavy atom. The predicted octanol–water partition coefficient (Wildman–Crippen LogP) is 6.68. The maximum atomic E-state index is 16.0. The van der Waals surface area contributed by atoms with E-state index in [1.165, 1.54) is 6.42 Å². The van der Waals surface area contributed by atoms with Crippen LogP contribution in [0, 0.1) is 18.7 Å². The van der Waals surface area contributed by atoms with Crippen LogP contribution in [-0.2, 0) is 29.0 Å². The third-order valence-electron chi connectivity index (χ3n) is 9.44. The monoisotopic (exact) mass is 603 g/mol. The van der Waals surface area contributed by atoms with E-state index in [1.54, 1.807) is 7.11 Å². The number of carboxylic acid groups (broad SMARTS) is 1. The van der Waals surface area contributed by atoms with Crippen molar-refractivity contribution in [2.75, 3.05) is 38.3 Å². The van der Waals surface area contributed by atoms with Crippen LogP contribution in [-0.4, -0.2) is 66.4 Å². The van der Waals surface area contributed by atoms with Crippen molar-refractivity contribution in [2.24, 2.45) is 5.92 Å². The van der Waals surface area contributed by atoms with Crippen LogP contribution in [0.25, 0.3) is 11.3 Å². The van der Waals surface area contributed by atoms with E-state index >= 15 is 4.39 Å². The molecule has 7 nitrogen and oxygen atoms in total. The van der Waals surface area contributed by atoms with Crippen molar-refractivity contribution >= 4 is 11.8 Å². The number of pyridine rings is 1. The first-order valence-corrected chi connectivity index (χ1v) is 16.1. The number of benzene rings is 2. The molecule has 0 spiro atoms. The molecular weight excluding hydrogens is 557 g/mol. The van der Waals surface area contributed by atoms with Gasteiger partial charge in [0.15, 0.2) is 0 Å². The number of aliphatic carboxylic acids is 1. The van der Waals surface area contributed by atoms with Gasteiger partial charge in [0.25, 0.3) is 0 Å². The Bertz CT molecular complexity index is 1450. The summed E-state index contributed by atoms with van der Waals surface area (Å²) in [5.74, 6) is -0.0999. The van der Waals surface area contributed by atoms with Gasteiger partial charge < -0.3 is 19.5 Å². The molecule has 2 aromatic carbocycles. The minimum Gasteiger partial charge on any atom is -0.488 e. The summed E-state index contributed by atoms with van der Waals surface area (Å²) in [5.41, 5.74) is 4.97. The lowest BCUT2D eigenvalue weighted by Crippen LogP contribution is -2.39. The van der Waals surface area contributed by atoms with Crippen LogP contribution in [0.3, 0.4) is 0 Å². The average molecular weight is 604 g/mol. The lowest BCUT2D eigenvalue weighted by atomic mass is 9.99. The Morgan fingerprint density at radius 1 is 1.09 bits per heavy atom. The first-order chi connectivity index (χ1) is 21.4. The van der Waals surface area contributed by atoms with Crippen LogP contribution in [0.15, 0.2) is 48.5 Å². The lowest BCUT2D eigenvalue weighted by molar-refractivity contribution is -0.142. The van der Waals surface area contributed by atoms with Crippen molar-refractivity contribution in [3.05, 3.63) is 76.6 Å². The molecule has 0 bridgehead atoms. The van der Waals surface area contributed by atoms with Gasteiger partial charge in [0, 0.05) is 43.9 Å². The van der Waals surface area contributed by atoms with Gasteiger partial charge in [0.2, 0.25) is 0 Å². The third-order valence-corrected chi connectivity index (χ3v) is 9.44. The topological polar surface area (TPSA) is 75.1 Å². The molecule has 1 aromatic heterocycles. The van der Waals surface area contributed by atoms with E-state index in [4.69, 9.17) is 14.5 Å². The summed E-state index contributed by atoms with van der Waals surface area (Å²) in [5, 5.41) is 9.74. The van der Waals surface area contributed by atoms with E-state index < -0.39 is 11.9 Å². The summed E-state index contributed by atoms with van der Waals surface area (Å²) < 4.78 is 27.7. The first-order valence-electron chi connectivity index (χ1n) is 16.1. The van der Waals surface area contributed by atoms with Gasteiger partial charge in [-0.1, -0.05) is 50.6 Å². The number of aromatic nitrogens is 1. The number of para-hydroxylation sites is 1. The van der Waals surface area contributed by atoms with E-state index in [9.17, 15) is 9.90 Å². The number of ether oxygens (including phenoxy) is 2. The van der Waals surface area contributed by atoms with Gasteiger partial charge in [-0.3, -0.25) is 9.69 Å². The normalized spacial score (nSPS) is 19.4. The van der Waals surface area contributed by atoms with Gasteiger partial charge in [-0.15, -0.1) is 0 Å². The summed E-state index contributed by atoms with van der Waals surface area (Å²) in [6.45, 7) is 9.34. The maximum absolute atomic E-state index is 16.0. The second-order valence-electron chi connectivity index (χ2n) is 12.1. The second kappa shape index (κ2) is 14.5. The molecule has 3 aromatic rings. The Morgan fingerprint density at radius 3 is 2.64 bits per heavy atom. The van der Waals surface area contributed by atoms with Crippen molar-refractivity contribution in [3.8, 4) is 17.0 Å². The number of carbonyl (C=O) groups is 1. The standard InChI is InChI=1S/C36H46FN3O4/c1-5-9-27(6-2)39-19-16-25-14-15-26(34(37)28(25)17-20-39)22-44-35-24(3)10-7-11-29(35)31-12-8-13-33(38-31)40-21-18-30(36(41)42)32(40)23-43-4/h7-8,10-15,27,30,32H,5-6,9,16-23H2,1-4H3,(H,41,42). The van der Waals surface area contributed by atoms with Gasteiger partial charge in [0.1, 0.15) is 24.0 Å². The van der Waals surface area contributed by atoms with Gasteiger partial charge in [0.05, 0.1) is 24.3 Å². The Hall–Kier alpha value is -3.49. The van der Waals surface area contributed by atoms with E-state index in [1.807, 2.05) is 54.3 Å². The molecule has 2 aliphatic rings. The smallest absolute Gasteiger partial charge is 0.308 e. The highest BCUT2D eigenvalue weighted by atomic mass is 19.1. The van der Waals surface area contributed by atoms with Crippen LogP contribution in [0.2, 0.25) is 0 Å². The summed E-state index contributed by atoms with van der Waals surface area (Å²) in [7, 11) is 1.59. The number of fused-ring (bicyclic) bond motifs is 1. The predicted molar refractivity (Wildman–Crippen MR) is 172 cm³/mol. The molecule has 0 aliphatic carbocycles. The number of hydrogen-bond acceptors (Lipinski definition) is 6. The molecule has 5 rings (SSSR count). The highest BCUT2D eigenvalue weighted by molar-refractivity contribution is 5.74. The number of rotatable bonds is 12. The van der Waals surface area contributed by atoms with E-state index in [-0.39, 0.29) is 18.5 Å². The van der Waals surface area contributed by atoms with E-state index in [2.05, 4.69) is 24.8 Å². The zero-order chi connectivity index (χ0) is 31.2. The van der Waals surface area contributed by atoms with Crippen LogP contribution in [0.4, 0.5) is 10.2 Å². The molecule has 3 atom stereocenters. The highest BCUT2D eigenvalue weighted by Gasteiger charge is 2.39. The van der Waals surface area contributed by atoms with Crippen LogP contribution < -0.4 is 9.64 Å². The summed E-state index contributed by atoms with van der Waals surface area (Å²) in [4.78, 5) is 21.4. The van der Waals surface area contributed by atoms with Crippen molar-refractivity contribution in [3.63, 3.8) is 0 Å². The van der Waals surface area contributed by atoms with Crippen molar-refractivity contribution in [1.29, 1.82) is 0 Å². The molecule has 44 heavy (non-hydrogen) atoms. The Labute approximate surface area is 261 Å². The minimum absolute atomic E-state index is 0.121. The third kappa shape index (κ3) is 6.76. The molecule has 3 unspecified atom stereocenters. The highest BCUT2D eigenvalue weighted by Crippen LogP contribution is 2.36. The maximum Gasteiger partial charge on any atom is 0.308 e. The largest absolute Gasteiger partial charge is 0.488 e. The summed E-state index contributed by atoms with van der Waals surface area (Å²) in [6, 6.07) is 15.9. The van der Waals surface area contributed by atoms with Crippen LogP contribution in [0.5, 0.6) is 5.75 Å². The van der Waals surface area contributed by atoms with Crippen molar-refractivity contribution < 1.29 is 23.8 Å². The molecule has 0 radical (unpaired) electrons. The molecule has 0 saturated carbocycles. The quantitative estimate of drug-likeness (QED) is 0.248. The molecule has 1 fully saturated rings. The van der Waals surface area contributed by atoms with E-state index in [0.717, 1.165) is 60.3 Å². The molecule has 1 N–H and O–H groups in total. The lowest BCUT2D eigenvalue weighted by Gasteiger charge is -2.29. The molecule has 8 heteroatoms. The molecule has 2 aliphatic heterocycles. The SMILES string of the molecule is CCCC(CC)N1CCc2ccc(COc3c(C)cccc3-c3cccc(N4CCC(C(=O)O)C4COC)n3)c(F)c2CC1. The van der Waals surface area contributed by atoms with Crippen LogP contribution in [0.1, 0.15) is 61.8 Å². The molecule has 0 amide bonds.